The Labute approximate surface area is 151 Å². The number of rotatable bonds is 7. The number of aromatic nitrogens is 2. The van der Waals surface area contributed by atoms with Crippen molar-refractivity contribution in [2.45, 2.75) is 59.4 Å². The maximum atomic E-state index is 6.41. The molecule has 0 radical (unpaired) electrons. The summed E-state index contributed by atoms with van der Waals surface area (Å²) in [4.78, 5) is 0. The number of hydrogen-bond acceptors (Lipinski definition) is 2. The Morgan fingerprint density at radius 2 is 2.04 bits per heavy atom. The number of nitrogens with zero attached hydrogens (tertiary/aromatic N) is 2. The first-order chi connectivity index (χ1) is 12.1. The van der Waals surface area contributed by atoms with Gasteiger partial charge in [-0.05, 0) is 49.1 Å². The highest BCUT2D eigenvalue weighted by Crippen LogP contribution is 2.34. The fourth-order valence-corrected chi connectivity index (χ4v) is 4.04. The van der Waals surface area contributed by atoms with Crippen LogP contribution in [0.2, 0.25) is 0 Å². The molecular formula is C21H33N2O2+. The summed E-state index contributed by atoms with van der Waals surface area (Å²) < 4.78 is 16.1. The second kappa shape index (κ2) is 8.33. The average molecular weight is 346 g/mol. The maximum Gasteiger partial charge on any atom is 0.246 e. The topological polar surface area (TPSA) is 27.3 Å². The lowest BCUT2D eigenvalue weighted by Crippen LogP contribution is -2.40. The van der Waals surface area contributed by atoms with Crippen molar-refractivity contribution in [1.29, 1.82) is 0 Å². The predicted molar refractivity (Wildman–Crippen MR) is 100 cm³/mol. The number of benzene rings is 1. The van der Waals surface area contributed by atoms with Crippen LogP contribution in [0.25, 0.3) is 11.0 Å². The van der Waals surface area contributed by atoms with Gasteiger partial charge in [0.05, 0.1) is 12.7 Å². The lowest BCUT2D eigenvalue weighted by molar-refractivity contribution is -0.713. The van der Waals surface area contributed by atoms with Gasteiger partial charge in [0.15, 0.2) is 17.8 Å². The smallest absolute Gasteiger partial charge is 0.246 e. The van der Waals surface area contributed by atoms with Gasteiger partial charge in [0.2, 0.25) is 6.33 Å². The van der Waals surface area contributed by atoms with Crippen molar-refractivity contribution in [2.24, 2.45) is 17.8 Å². The summed E-state index contributed by atoms with van der Waals surface area (Å²) in [5.74, 6) is 2.20. The number of imidazole rings is 1. The number of para-hydroxylation sites is 2. The van der Waals surface area contributed by atoms with E-state index in [-0.39, 0.29) is 0 Å². The van der Waals surface area contributed by atoms with Crippen LogP contribution in [-0.2, 0) is 22.7 Å². The van der Waals surface area contributed by atoms with Gasteiger partial charge in [0, 0.05) is 7.11 Å². The van der Waals surface area contributed by atoms with Crippen LogP contribution in [0.1, 0.15) is 40.0 Å². The molecule has 0 bridgehead atoms. The van der Waals surface area contributed by atoms with E-state index >= 15 is 0 Å². The molecule has 0 amide bonds. The Balaban J connectivity index is 1.72. The number of methoxy groups -OCH3 is 1. The molecule has 1 heterocycles. The molecule has 138 valence electrons. The number of fused-ring (bicyclic) bond motifs is 1. The lowest BCUT2D eigenvalue weighted by Gasteiger charge is -2.35. The van der Waals surface area contributed by atoms with Crippen LogP contribution in [0.5, 0.6) is 0 Å². The minimum Gasteiger partial charge on any atom is -0.381 e. The van der Waals surface area contributed by atoms with Crippen molar-refractivity contribution in [3.05, 3.63) is 30.6 Å². The predicted octanol–water partition coefficient (Wildman–Crippen LogP) is 4.01. The molecule has 4 nitrogen and oxygen atoms in total. The molecule has 25 heavy (non-hydrogen) atoms. The van der Waals surface area contributed by atoms with Gasteiger partial charge < -0.3 is 9.47 Å². The molecule has 1 aromatic heterocycles. The van der Waals surface area contributed by atoms with Crippen LogP contribution in [0, 0.1) is 17.8 Å². The fourth-order valence-electron chi connectivity index (χ4n) is 4.04. The van der Waals surface area contributed by atoms with Gasteiger partial charge in [-0.2, -0.15) is 0 Å². The molecule has 0 N–H and O–H groups in total. The van der Waals surface area contributed by atoms with E-state index in [1.807, 2.05) is 0 Å². The third-order valence-electron chi connectivity index (χ3n) is 5.85. The molecule has 0 spiro atoms. The molecule has 1 aromatic carbocycles. The van der Waals surface area contributed by atoms with Gasteiger partial charge in [-0.15, -0.1) is 0 Å². The van der Waals surface area contributed by atoms with Gasteiger partial charge in [0.25, 0.3) is 0 Å². The third kappa shape index (κ3) is 4.24. The van der Waals surface area contributed by atoms with Crippen LogP contribution in [0.3, 0.4) is 0 Å². The molecule has 0 saturated heterocycles. The van der Waals surface area contributed by atoms with Crippen LogP contribution in [0.15, 0.2) is 30.6 Å². The summed E-state index contributed by atoms with van der Waals surface area (Å²) in [6.07, 6.45) is 6.36. The molecule has 3 rings (SSSR count). The Kier molecular flexibility index (Phi) is 6.13. The van der Waals surface area contributed by atoms with E-state index in [1.165, 1.54) is 30.3 Å². The van der Waals surface area contributed by atoms with Crippen molar-refractivity contribution in [3.8, 4) is 0 Å². The van der Waals surface area contributed by atoms with E-state index in [9.17, 15) is 0 Å². The van der Waals surface area contributed by atoms with Crippen molar-refractivity contribution >= 4 is 11.0 Å². The van der Waals surface area contributed by atoms with Crippen LogP contribution >= 0.6 is 0 Å². The monoisotopic (exact) mass is 345 g/mol. The zero-order valence-corrected chi connectivity index (χ0v) is 16.1. The van der Waals surface area contributed by atoms with Crippen molar-refractivity contribution in [3.63, 3.8) is 0 Å². The van der Waals surface area contributed by atoms with Gasteiger partial charge in [-0.3, -0.25) is 0 Å². The van der Waals surface area contributed by atoms with E-state index < -0.39 is 0 Å². The zero-order valence-electron chi connectivity index (χ0n) is 16.1. The molecule has 1 saturated carbocycles. The van der Waals surface area contributed by atoms with E-state index in [1.54, 1.807) is 7.11 Å². The largest absolute Gasteiger partial charge is 0.381 e. The summed E-state index contributed by atoms with van der Waals surface area (Å²) in [5.41, 5.74) is 2.46. The van der Waals surface area contributed by atoms with Crippen molar-refractivity contribution < 1.29 is 14.0 Å². The minimum absolute atomic E-state index is 0.370. The summed E-state index contributed by atoms with van der Waals surface area (Å²) in [5, 5.41) is 0. The molecule has 2 aromatic rings. The van der Waals surface area contributed by atoms with Crippen molar-refractivity contribution in [1.82, 2.24) is 4.57 Å². The normalized spacial score (nSPS) is 24.3. The maximum absolute atomic E-state index is 6.41. The Hall–Kier alpha value is -1.39. The minimum atomic E-state index is 0.370. The first kappa shape index (κ1) is 18.4. The highest BCUT2D eigenvalue weighted by atomic mass is 16.5. The van der Waals surface area contributed by atoms with E-state index in [2.05, 4.69) is 60.5 Å². The Morgan fingerprint density at radius 1 is 1.24 bits per heavy atom. The Bertz CT molecular complexity index is 680. The SMILES string of the molecule is COCCn1c[n+](CO[C@H]2C[C@H](C(C)C)CC[C@@H]2C)c2ccccc21. The average Bonchev–Trinajstić information content (AvgIpc) is 2.97. The molecule has 3 atom stereocenters. The second-order valence-electron chi connectivity index (χ2n) is 7.89. The molecule has 4 heteroatoms. The van der Waals surface area contributed by atoms with Gasteiger partial charge in [-0.25, -0.2) is 9.13 Å². The summed E-state index contributed by atoms with van der Waals surface area (Å²) in [6.45, 7) is 9.23. The quantitative estimate of drug-likeness (QED) is 0.709. The summed E-state index contributed by atoms with van der Waals surface area (Å²) >= 11 is 0. The van der Waals surface area contributed by atoms with Gasteiger partial charge in [-0.1, -0.05) is 32.9 Å². The summed E-state index contributed by atoms with van der Waals surface area (Å²) in [6, 6.07) is 8.52. The molecule has 0 unspecified atom stereocenters. The molecule has 0 aliphatic heterocycles. The standard InChI is InChI=1S/C21H33N2O2/c1-16(2)18-10-9-17(3)21(13-18)25-15-23-14-22(11-12-24-4)19-7-5-6-8-20(19)23/h5-8,14,16-18,21H,9-13,15H2,1-4H3/q+1/t17-,18+,21-/m0/s1. The van der Waals surface area contributed by atoms with Gasteiger partial charge >= 0.3 is 0 Å². The van der Waals surface area contributed by atoms with E-state index in [4.69, 9.17) is 9.47 Å². The van der Waals surface area contributed by atoms with Crippen LogP contribution in [0.4, 0.5) is 0 Å². The molecule has 1 fully saturated rings. The van der Waals surface area contributed by atoms with Crippen LogP contribution < -0.4 is 4.57 Å². The summed E-state index contributed by atoms with van der Waals surface area (Å²) in [7, 11) is 1.75. The zero-order chi connectivity index (χ0) is 17.8. The first-order valence-corrected chi connectivity index (χ1v) is 9.68. The number of hydrogen-bond donors (Lipinski definition) is 0. The highest BCUT2D eigenvalue weighted by Gasteiger charge is 2.30. The molecular weight excluding hydrogens is 312 g/mol. The second-order valence-corrected chi connectivity index (χ2v) is 7.89. The first-order valence-electron chi connectivity index (χ1n) is 9.68. The molecule has 1 aliphatic rings. The lowest BCUT2D eigenvalue weighted by atomic mass is 9.76. The third-order valence-corrected chi connectivity index (χ3v) is 5.85. The van der Waals surface area contributed by atoms with E-state index in [0.29, 0.717) is 18.8 Å². The fraction of sp³-hybridized carbons (Fsp3) is 0.667. The van der Waals surface area contributed by atoms with Crippen LogP contribution in [-0.4, -0.2) is 24.4 Å². The highest BCUT2D eigenvalue weighted by molar-refractivity contribution is 5.71. The van der Waals surface area contributed by atoms with E-state index in [0.717, 1.165) is 25.0 Å². The molecule has 1 aliphatic carbocycles. The van der Waals surface area contributed by atoms with Crippen molar-refractivity contribution in [2.75, 3.05) is 13.7 Å². The van der Waals surface area contributed by atoms with Gasteiger partial charge in [0.1, 0.15) is 6.54 Å². The number of ether oxygens (including phenoxy) is 2. The Morgan fingerprint density at radius 3 is 2.80 bits per heavy atom.